The summed E-state index contributed by atoms with van der Waals surface area (Å²) in [6, 6.07) is 2.06. The zero-order valence-corrected chi connectivity index (χ0v) is 11.6. The van der Waals surface area contributed by atoms with E-state index < -0.39 is 0 Å². The lowest BCUT2D eigenvalue weighted by Gasteiger charge is -2.12. The minimum atomic E-state index is 0.692. The van der Waals surface area contributed by atoms with Crippen LogP contribution in [0.2, 0.25) is 0 Å². The van der Waals surface area contributed by atoms with Crippen molar-refractivity contribution in [1.29, 1.82) is 0 Å². The maximum Gasteiger partial charge on any atom is 0.129 e. The summed E-state index contributed by atoms with van der Waals surface area (Å²) >= 11 is 5.27. The first-order chi connectivity index (χ1) is 8.15. The second-order valence-corrected chi connectivity index (χ2v) is 5.95. The maximum atomic E-state index is 5.27. The lowest BCUT2D eigenvalue weighted by atomic mass is 10.0. The smallest absolute Gasteiger partial charge is 0.129 e. The molecule has 0 aromatic carbocycles. The molecule has 1 heterocycles. The van der Waals surface area contributed by atoms with Gasteiger partial charge in [0.1, 0.15) is 10.5 Å². The van der Waals surface area contributed by atoms with Gasteiger partial charge in [-0.05, 0) is 37.2 Å². The molecule has 94 valence electrons. The van der Waals surface area contributed by atoms with Gasteiger partial charge < -0.3 is 4.98 Å². The normalized spacial score (nSPS) is 16.9. The molecule has 1 aromatic rings. The molecule has 0 amide bonds. The van der Waals surface area contributed by atoms with Crippen LogP contribution in [0, 0.1) is 10.6 Å². The lowest BCUT2D eigenvalue weighted by molar-refractivity contribution is 0.570. The van der Waals surface area contributed by atoms with Crippen molar-refractivity contribution in [1.82, 2.24) is 9.97 Å². The van der Waals surface area contributed by atoms with Gasteiger partial charge in [-0.15, -0.1) is 0 Å². The molecule has 0 aliphatic heterocycles. The number of nitrogens with zero attached hydrogens (tertiary/aromatic N) is 1. The summed E-state index contributed by atoms with van der Waals surface area (Å²) in [7, 11) is 0. The van der Waals surface area contributed by atoms with Gasteiger partial charge in [0.25, 0.3) is 0 Å². The number of aromatic nitrogens is 2. The van der Waals surface area contributed by atoms with E-state index in [0.717, 1.165) is 16.9 Å². The topological polar surface area (TPSA) is 28.7 Å². The Morgan fingerprint density at radius 3 is 2.76 bits per heavy atom. The van der Waals surface area contributed by atoms with Crippen molar-refractivity contribution in [2.45, 2.75) is 58.3 Å². The van der Waals surface area contributed by atoms with Gasteiger partial charge >= 0.3 is 0 Å². The van der Waals surface area contributed by atoms with E-state index in [1.807, 2.05) is 0 Å². The van der Waals surface area contributed by atoms with E-state index in [4.69, 9.17) is 12.2 Å². The maximum absolute atomic E-state index is 5.27. The van der Waals surface area contributed by atoms with Crippen LogP contribution < -0.4 is 0 Å². The molecule has 1 aromatic heterocycles. The van der Waals surface area contributed by atoms with Crippen LogP contribution in [0.4, 0.5) is 0 Å². The summed E-state index contributed by atoms with van der Waals surface area (Å²) in [5, 5.41) is 0. The molecular formula is C14H22N2S. The fourth-order valence-corrected chi connectivity index (χ4v) is 2.77. The molecule has 0 radical (unpaired) electrons. The molecule has 0 unspecified atom stereocenters. The number of aromatic amines is 1. The Labute approximate surface area is 109 Å². The monoisotopic (exact) mass is 250 g/mol. The molecule has 0 saturated heterocycles. The molecule has 2 rings (SSSR count). The van der Waals surface area contributed by atoms with Crippen LogP contribution in [0.15, 0.2) is 6.07 Å². The van der Waals surface area contributed by atoms with Crippen LogP contribution >= 0.6 is 12.2 Å². The number of nitrogens with one attached hydrogen (secondary N) is 1. The summed E-state index contributed by atoms with van der Waals surface area (Å²) < 4.78 is 0.754. The van der Waals surface area contributed by atoms with E-state index in [9.17, 15) is 0 Å². The minimum absolute atomic E-state index is 0.692. The fraction of sp³-hybridized carbons (Fsp3) is 0.714. The molecular weight excluding hydrogens is 228 g/mol. The average molecular weight is 250 g/mol. The van der Waals surface area contributed by atoms with Crippen molar-refractivity contribution >= 4 is 12.2 Å². The molecule has 1 N–H and O–H groups in total. The number of hydrogen-bond donors (Lipinski definition) is 1. The van der Waals surface area contributed by atoms with Gasteiger partial charge in [0, 0.05) is 12.1 Å². The molecule has 0 spiro atoms. The van der Waals surface area contributed by atoms with Crippen LogP contribution in [0.1, 0.15) is 63.4 Å². The van der Waals surface area contributed by atoms with Gasteiger partial charge in [0.05, 0.1) is 0 Å². The Balaban J connectivity index is 2.14. The zero-order chi connectivity index (χ0) is 12.3. The molecule has 1 fully saturated rings. The number of aryl methyl sites for hydroxylation is 1. The van der Waals surface area contributed by atoms with Crippen molar-refractivity contribution in [3.8, 4) is 0 Å². The summed E-state index contributed by atoms with van der Waals surface area (Å²) in [4.78, 5) is 7.94. The van der Waals surface area contributed by atoms with E-state index >= 15 is 0 Å². The molecule has 2 nitrogen and oxygen atoms in total. The van der Waals surface area contributed by atoms with Crippen LogP contribution in [-0.4, -0.2) is 9.97 Å². The van der Waals surface area contributed by atoms with Gasteiger partial charge in [-0.3, -0.25) is 0 Å². The molecule has 0 atom stereocenters. The number of H-pyrrole nitrogens is 1. The van der Waals surface area contributed by atoms with Crippen molar-refractivity contribution in [3.05, 3.63) is 22.2 Å². The van der Waals surface area contributed by atoms with E-state index in [1.165, 1.54) is 37.8 Å². The summed E-state index contributed by atoms with van der Waals surface area (Å²) in [5.41, 5.74) is 1.32. The van der Waals surface area contributed by atoms with Crippen molar-refractivity contribution in [2.75, 3.05) is 0 Å². The van der Waals surface area contributed by atoms with Gasteiger partial charge in [-0.25, -0.2) is 4.98 Å². The molecule has 1 saturated carbocycles. The first-order valence-electron chi connectivity index (χ1n) is 6.75. The van der Waals surface area contributed by atoms with E-state index in [1.54, 1.807) is 0 Å². The standard InChI is InChI=1S/C14H22N2S/c1-10(2)7-8-13-15-12(9-14(17)16-13)11-5-3-4-6-11/h9-11H,3-8H2,1-2H3,(H,15,16,17). The number of hydrogen-bond acceptors (Lipinski definition) is 2. The summed E-state index contributed by atoms with van der Waals surface area (Å²) in [5.74, 6) is 2.49. The first-order valence-corrected chi connectivity index (χ1v) is 7.16. The molecule has 1 aliphatic carbocycles. The zero-order valence-electron chi connectivity index (χ0n) is 10.8. The molecule has 17 heavy (non-hydrogen) atoms. The van der Waals surface area contributed by atoms with Gasteiger partial charge in [0.15, 0.2) is 0 Å². The largest absolute Gasteiger partial charge is 0.347 e. The quantitative estimate of drug-likeness (QED) is 0.803. The predicted molar refractivity (Wildman–Crippen MR) is 73.8 cm³/mol. The summed E-state index contributed by atoms with van der Waals surface area (Å²) in [6.07, 6.45) is 7.51. The second-order valence-electron chi connectivity index (χ2n) is 5.54. The van der Waals surface area contributed by atoms with Gasteiger partial charge in [-0.1, -0.05) is 38.9 Å². The van der Waals surface area contributed by atoms with Crippen LogP contribution in [0.25, 0.3) is 0 Å². The highest BCUT2D eigenvalue weighted by molar-refractivity contribution is 7.71. The lowest BCUT2D eigenvalue weighted by Crippen LogP contribution is -2.04. The third-order valence-electron chi connectivity index (χ3n) is 3.57. The Bertz CT molecular complexity index is 416. The highest BCUT2D eigenvalue weighted by Crippen LogP contribution is 2.32. The van der Waals surface area contributed by atoms with Gasteiger partial charge in [-0.2, -0.15) is 0 Å². The Morgan fingerprint density at radius 1 is 1.41 bits per heavy atom. The van der Waals surface area contributed by atoms with Crippen LogP contribution in [0.5, 0.6) is 0 Å². The molecule has 1 aliphatic rings. The SMILES string of the molecule is CC(C)CCc1nc(=S)cc(C2CCCC2)[nH]1. The highest BCUT2D eigenvalue weighted by atomic mass is 32.1. The minimum Gasteiger partial charge on any atom is -0.347 e. The predicted octanol–water partition coefficient (Wildman–Crippen LogP) is 4.39. The molecule has 0 bridgehead atoms. The number of rotatable bonds is 4. The first kappa shape index (κ1) is 12.7. The summed E-state index contributed by atoms with van der Waals surface area (Å²) in [6.45, 7) is 4.49. The van der Waals surface area contributed by atoms with Crippen molar-refractivity contribution in [3.63, 3.8) is 0 Å². The second kappa shape index (κ2) is 5.76. The van der Waals surface area contributed by atoms with E-state index in [2.05, 4.69) is 29.9 Å². The third kappa shape index (κ3) is 3.63. The third-order valence-corrected chi connectivity index (χ3v) is 3.78. The Kier molecular flexibility index (Phi) is 4.32. The highest BCUT2D eigenvalue weighted by Gasteiger charge is 2.18. The fourth-order valence-electron chi connectivity index (χ4n) is 2.53. The van der Waals surface area contributed by atoms with E-state index in [-0.39, 0.29) is 0 Å². The van der Waals surface area contributed by atoms with Crippen molar-refractivity contribution < 1.29 is 0 Å². The van der Waals surface area contributed by atoms with Crippen LogP contribution in [0.3, 0.4) is 0 Å². The average Bonchev–Trinajstić information content (AvgIpc) is 2.79. The van der Waals surface area contributed by atoms with Crippen LogP contribution in [-0.2, 0) is 6.42 Å². The Hall–Kier alpha value is -0.700. The van der Waals surface area contributed by atoms with E-state index in [0.29, 0.717) is 11.8 Å². The Morgan fingerprint density at radius 2 is 2.12 bits per heavy atom. The van der Waals surface area contributed by atoms with Crippen molar-refractivity contribution in [2.24, 2.45) is 5.92 Å². The van der Waals surface area contributed by atoms with Gasteiger partial charge in [0.2, 0.25) is 0 Å². The molecule has 3 heteroatoms.